The molecular formula is C12H13Cl2N3. The van der Waals surface area contributed by atoms with Crippen LogP contribution in [0.2, 0.25) is 5.02 Å². The van der Waals surface area contributed by atoms with Crippen LogP contribution >= 0.6 is 23.2 Å². The Morgan fingerprint density at radius 1 is 1.53 bits per heavy atom. The van der Waals surface area contributed by atoms with E-state index in [1.807, 2.05) is 13.0 Å². The highest BCUT2D eigenvalue weighted by Crippen LogP contribution is 2.34. The van der Waals surface area contributed by atoms with E-state index < -0.39 is 0 Å². The third-order valence-corrected chi connectivity index (χ3v) is 3.48. The Hall–Kier alpha value is -0.800. The highest BCUT2D eigenvalue weighted by molar-refractivity contribution is 6.31. The SMILES string of the molecule is CC(Cl)c1nc2cc(Cl)cnc2n1CC1CC1. The fraction of sp³-hybridized carbons (Fsp3) is 0.500. The number of halogens is 2. The molecule has 1 aliphatic rings. The van der Waals surface area contributed by atoms with E-state index in [0.29, 0.717) is 5.02 Å². The van der Waals surface area contributed by atoms with Crippen LogP contribution in [0.15, 0.2) is 12.3 Å². The van der Waals surface area contributed by atoms with Gasteiger partial charge in [-0.2, -0.15) is 0 Å². The van der Waals surface area contributed by atoms with Gasteiger partial charge < -0.3 is 4.57 Å². The summed E-state index contributed by atoms with van der Waals surface area (Å²) in [5.41, 5.74) is 1.73. The van der Waals surface area contributed by atoms with E-state index in [2.05, 4.69) is 14.5 Å². The molecule has 3 nitrogen and oxygen atoms in total. The molecule has 2 aromatic heterocycles. The molecule has 1 unspecified atom stereocenters. The van der Waals surface area contributed by atoms with E-state index in [4.69, 9.17) is 23.2 Å². The van der Waals surface area contributed by atoms with Crippen molar-refractivity contribution < 1.29 is 0 Å². The lowest BCUT2D eigenvalue weighted by Crippen LogP contribution is -2.06. The van der Waals surface area contributed by atoms with Crippen LogP contribution in [-0.2, 0) is 6.54 Å². The number of aromatic nitrogens is 3. The molecule has 1 atom stereocenters. The number of imidazole rings is 1. The lowest BCUT2D eigenvalue weighted by atomic mass is 10.3. The van der Waals surface area contributed by atoms with E-state index >= 15 is 0 Å². The molecule has 1 fully saturated rings. The molecular weight excluding hydrogens is 257 g/mol. The van der Waals surface area contributed by atoms with Gasteiger partial charge in [-0.3, -0.25) is 0 Å². The van der Waals surface area contributed by atoms with Gasteiger partial charge in [-0.15, -0.1) is 11.6 Å². The summed E-state index contributed by atoms with van der Waals surface area (Å²) in [6, 6.07) is 1.84. The summed E-state index contributed by atoms with van der Waals surface area (Å²) in [6.07, 6.45) is 4.25. The fourth-order valence-corrected chi connectivity index (χ4v) is 2.36. The van der Waals surface area contributed by atoms with Crippen molar-refractivity contribution in [3.05, 3.63) is 23.1 Å². The van der Waals surface area contributed by atoms with Crippen molar-refractivity contribution in [2.24, 2.45) is 5.92 Å². The molecule has 17 heavy (non-hydrogen) atoms. The van der Waals surface area contributed by atoms with Gasteiger partial charge in [0.25, 0.3) is 0 Å². The Labute approximate surface area is 110 Å². The lowest BCUT2D eigenvalue weighted by molar-refractivity contribution is 0.606. The average Bonchev–Trinajstić information content (AvgIpc) is 3.00. The number of rotatable bonds is 3. The molecule has 0 aliphatic heterocycles. The Morgan fingerprint density at radius 3 is 2.94 bits per heavy atom. The van der Waals surface area contributed by atoms with Crippen LogP contribution < -0.4 is 0 Å². The zero-order chi connectivity index (χ0) is 12.0. The van der Waals surface area contributed by atoms with Gasteiger partial charge in [0, 0.05) is 12.7 Å². The van der Waals surface area contributed by atoms with E-state index in [0.717, 1.165) is 29.5 Å². The van der Waals surface area contributed by atoms with Crippen LogP contribution in [-0.4, -0.2) is 14.5 Å². The third-order valence-electron chi connectivity index (χ3n) is 3.07. The number of fused-ring (bicyclic) bond motifs is 1. The number of hydrogen-bond acceptors (Lipinski definition) is 2. The lowest BCUT2D eigenvalue weighted by Gasteiger charge is -2.08. The van der Waals surface area contributed by atoms with Gasteiger partial charge in [0.15, 0.2) is 5.65 Å². The smallest absolute Gasteiger partial charge is 0.160 e. The highest BCUT2D eigenvalue weighted by Gasteiger charge is 2.25. The minimum Gasteiger partial charge on any atom is -0.311 e. The molecule has 0 amide bonds. The minimum atomic E-state index is -0.110. The summed E-state index contributed by atoms with van der Waals surface area (Å²) in [4.78, 5) is 8.91. The van der Waals surface area contributed by atoms with E-state index in [1.165, 1.54) is 12.8 Å². The molecule has 0 aromatic carbocycles. The second kappa shape index (κ2) is 4.14. The van der Waals surface area contributed by atoms with Crippen molar-refractivity contribution in [1.82, 2.24) is 14.5 Å². The highest BCUT2D eigenvalue weighted by atomic mass is 35.5. The summed E-state index contributed by atoms with van der Waals surface area (Å²) in [5, 5.41) is 0.504. The summed E-state index contributed by atoms with van der Waals surface area (Å²) >= 11 is 12.1. The molecule has 0 spiro atoms. The molecule has 3 rings (SSSR count). The molecule has 1 aliphatic carbocycles. The first-order valence-corrected chi connectivity index (χ1v) is 6.62. The predicted molar refractivity (Wildman–Crippen MR) is 69.5 cm³/mol. The number of pyridine rings is 1. The first kappa shape index (κ1) is 11.3. The number of alkyl halides is 1. The van der Waals surface area contributed by atoms with Crippen LogP contribution in [0, 0.1) is 5.92 Å². The van der Waals surface area contributed by atoms with Crippen molar-refractivity contribution in [3.8, 4) is 0 Å². The molecule has 0 radical (unpaired) electrons. The van der Waals surface area contributed by atoms with Crippen molar-refractivity contribution >= 4 is 34.4 Å². The standard InChI is InChI=1S/C12H13Cl2N3/c1-7(13)11-16-10-4-9(14)5-15-12(10)17(11)6-8-2-3-8/h4-5,7-8H,2-3,6H2,1H3. The van der Waals surface area contributed by atoms with Crippen LogP contribution in [0.3, 0.4) is 0 Å². The Morgan fingerprint density at radius 2 is 2.29 bits per heavy atom. The van der Waals surface area contributed by atoms with E-state index in [-0.39, 0.29) is 5.38 Å². The van der Waals surface area contributed by atoms with Gasteiger partial charge in [-0.25, -0.2) is 9.97 Å². The van der Waals surface area contributed by atoms with Gasteiger partial charge in [0.05, 0.1) is 10.4 Å². The van der Waals surface area contributed by atoms with Gasteiger partial charge >= 0.3 is 0 Å². The Bertz CT molecular complexity index is 558. The quantitative estimate of drug-likeness (QED) is 0.794. The number of hydrogen-bond donors (Lipinski definition) is 0. The molecule has 1 saturated carbocycles. The Balaban J connectivity index is 2.15. The van der Waals surface area contributed by atoms with Gasteiger partial charge in [0.1, 0.15) is 11.3 Å². The van der Waals surface area contributed by atoms with E-state index in [9.17, 15) is 0 Å². The van der Waals surface area contributed by atoms with Crippen molar-refractivity contribution in [3.63, 3.8) is 0 Å². The van der Waals surface area contributed by atoms with Crippen LogP contribution in [0.1, 0.15) is 31.0 Å². The topological polar surface area (TPSA) is 30.7 Å². The van der Waals surface area contributed by atoms with Crippen LogP contribution in [0.25, 0.3) is 11.2 Å². The summed E-state index contributed by atoms with van der Waals surface area (Å²) in [6.45, 7) is 2.91. The van der Waals surface area contributed by atoms with Crippen LogP contribution in [0.4, 0.5) is 0 Å². The molecule has 2 heterocycles. The van der Waals surface area contributed by atoms with Crippen molar-refractivity contribution in [1.29, 1.82) is 0 Å². The number of nitrogens with zero attached hydrogens (tertiary/aromatic N) is 3. The first-order valence-electron chi connectivity index (χ1n) is 5.81. The second-order valence-electron chi connectivity index (χ2n) is 4.64. The minimum absolute atomic E-state index is 0.110. The maximum atomic E-state index is 6.18. The van der Waals surface area contributed by atoms with Gasteiger partial charge in [0.2, 0.25) is 0 Å². The molecule has 90 valence electrons. The summed E-state index contributed by atoms with van der Waals surface area (Å²) in [5.74, 6) is 1.65. The average molecular weight is 270 g/mol. The molecule has 0 bridgehead atoms. The zero-order valence-corrected chi connectivity index (χ0v) is 11.0. The fourth-order valence-electron chi connectivity index (χ4n) is 2.05. The molecule has 0 saturated heterocycles. The van der Waals surface area contributed by atoms with Crippen molar-refractivity contribution in [2.75, 3.05) is 0 Å². The van der Waals surface area contributed by atoms with Crippen molar-refractivity contribution in [2.45, 2.75) is 31.7 Å². The normalized spacial score (nSPS) is 17.6. The Kier molecular flexibility index (Phi) is 2.75. The maximum absolute atomic E-state index is 6.18. The summed E-state index contributed by atoms with van der Waals surface area (Å²) < 4.78 is 2.14. The second-order valence-corrected chi connectivity index (χ2v) is 5.73. The molecule has 0 N–H and O–H groups in total. The first-order chi connectivity index (χ1) is 8.15. The largest absolute Gasteiger partial charge is 0.311 e. The van der Waals surface area contributed by atoms with Gasteiger partial charge in [-0.05, 0) is 31.7 Å². The maximum Gasteiger partial charge on any atom is 0.160 e. The molecule has 5 heteroatoms. The van der Waals surface area contributed by atoms with Gasteiger partial charge in [-0.1, -0.05) is 11.6 Å². The molecule has 2 aromatic rings. The van der Waals surface area contributed by atoms with Crippen LogP contribution in [0.5, 0.6) is 0 Å². The zero-order valence-electron chi connectivity index (χ0n) is 9.53. The predicted octanol–water partition coefficient (Wildman–Crippen LogP) is 3.79. The summed E-state index contributed by atoms with van der Waals surface area (Å²) in [7, 11) is 0. The monoisotopic (exact) mass is 269 g/mol. The third kappa shape index (κ3) is 2.14. The van der Waals surface area contributed by atoms with E-state index in [1.54, 1.807) is 6.20 Å².